The molecule has 0 saturated carbocycles. The fourth-order valence-electron chi connectivity index (χ4n) is 6.52. The smallest absolute Gasteiger partial charge is 0.397 e. The third-order valence-electron chi connectivity index (χ3n) is 9.90. The fourth-order valence-corrected chi connectivity index (χ4v) is 7.03. The molecule has 4 N–H and O–H groups in total. The Bertz CT molecular complexity index is 1260. The van der Waals surface area contributed by atoms with Crippen LogP contribution in [0, 0.1) is 0 Å². The van der Waals surface area contributed by atoms with Crippen LogP contribution < -0.4 is 0 Å². The molecular formula is C46H80O12S. The SMILES string of the molecule is CC/C=C\C/C=C\C/C=C\C/C=C\C/C=C\CCCCCCCCCC(=O)OC(COCCCCCCCCCCC)COC1OC(CO)C(O)C(OS(=O)(=O)O)C1O. The summed E-state index contributed by atoms with van der Waals surface area (Å²) in [6.07, 6.45) is 36.9. The van der Waals surface area contributed by atoms with Gasteiger partial charge in [-0.15, -0.1) is 0 Å². The van der Waals surface area contributed by atoms with Gasteiger partial charge in [0.05, 0.1) is 19.8 Å². The number of carbonyl (C=O) groups excluding carboxylic acids is 1. The molecule has 1 aliphatic heterocycles. The number of aliphatic hydroxyl groups excluding tert-OH is 3. The van der Waals surface area contributed by atoms with Crippen LogP contribution in [-0.2, 0) is 38.3 Å². The van der Waals surface area contributed by atoms with E-state index < -0.39 is 59.8 Å². The van der Waals surface area contributed by atoms with Crippen molar-refractivity contribution in [1.82, 2.24) is 0 Å². The van der Waals surface area contributed by atoms with Gasteiger partial charge in [0, 0.05) is 13.0 Å². The van der Waals surface area contributed by atoms with Crippen LogP contribution in [0.1, 0.15) is 162 Å². The van der Waals surface area contributed by atoms with Gasteiger partial charge >= 0.3 is 16.4 Å². The molecule has 0 aromatic carbocycles. The third kappa shape index (κ3) is 31.3. The van der Waals surface area contributed by atoms with Crippen molar-refractivity contribution in [3.63, 3.8) is 0 Å². The van der Waals surface area contributed by atoms with Crippen molar-refractivity contribution >= 4 is 16.4 Å². The van der Waals surface area contributed by atoms with E-state index in [2.05, 4.69) is 78.8 Å². The quantitative estimate of drug-likeness (QED) is 0.0201. The van der Waals surface area contributed by atoms with Crippen LogP contribution in [-0.4, -0.2) is 97.5 Å². The van der Waals surface area contributed by atoms with E-state index in [1.54, 1.807) is 0 Å². The maximum Gasteiger partial charge on any atom is 0.397 e. The van der Waals surface area contributed by atoms with Crippen molar-refractivity contribution in [3.05, 3.63) is 60.8 Å². The van der Waals surface area contributed by atoms with Gasteiger partial charge in [-0.1, -0.05) is 158 Å². The van der Waals surface area contributed by atoms with Crippen molar-refractivity contribution in [2.45, 2.75) is 198 Å². The highest BCUT2D eigenvalue weighted by Gasteiger charge is 2.48. The number of carbonyl (C=O) groups is 1. The predicted octanol–water partition coefficient (Wildman–Crippen LogP) is 9.35. The zero-order valence-electron chi connectivity index (χ0n) is 36.3. The number of hydrogen-bond donors (Lipinski definition) is 4. The molecule has 13 heteroatoms. The van der Waals surface area contributed by atoms with Gasteiger partial charge in [-0.3, -0.25) is 9.35 Å². The van der Waals surface area contributed by atoms with Crippen LogP contribution in [0.3, 0.4) is 0 Å². The Kier molecular flexibility index (Phi) is 34.9. The summed E-state index contributed by atoms with van der Waals surface area (Å²) in [5.41, 5.74) is 0. The molecule has 342 valence electrons. The van der Waals surface area contributed by atoms with E-state index in [4.69, 9.17) is 23.5 Å². The normalized spacial score (nSPS) is 20.9. The number of allylic oxidation sites excluding steroid dienone is 10. The van der Waals surface area contributed by atoms with Crippen molar-refractivity contribution < 1.29 is 56.2 Å². The van der Waals surface area contributed by atoms with E-state index in [-0.39, 0.29) is 19.6 Å². The number of rotatable bonds is 38. The first kappa shape index (κ1) is 54.8. The maximum absolute atomic E-state index is 12.8. The van der Waals surface area contributed by atoms with Crippen LogP contribution in [0.5, 0.6) is 0 Å². The summed E-state index contributed by atoms with van der Waals surface area (Å²) in [5.74, 6) is -0.413. The molecule has 1 saturated heterocycles. The lowest BCUT2D eigenvalue weighted by atomic mass is 9.99. The summed E-state index contributed by atoms with van der Waals surface area (Å²) in [6, 6.07) is 0. The lowest BCUT2D eigenvalue weighted by Crippen LogP contribution is -2.60. The largest absolute Gasteiger partial charge is 0.457 e. The number of ether oxygens (including phenoxy) is 4. The minimum Gasteiger partial charge on any atom is -0.457 e. The lowest BCUT2D eigenvalue weighted by molar-refractivity contribution is -0.301. The van der Waals surface area contributed by atoms with Crippen LogP contribution in [0.4, 0.5) is 0 Å². The molecule has 0 spiro atoms. The van der Waals surface area contributed by atoms with Gasteiger partial charge in [-0.2, -0.15) is 8.42 Å². The van der Waals surface area contributed by atoms with E-state index in [1.165, 1.54) is 51.4 Å². The monoisotopic (exact) mass is 857 g/mol. The average molecular weight is 857 g/mol. The van der Waals surface area contributed by atoms with E-state index in [0.717, 1.165) is 83.5 Å². The highest BCUT2D eigenvalue weighted by atomic mass is 32.3. The van der Waals surface area contributed by atoms with Crippen LogP contribution in [0.2, 0.25) is 0 Å². The van der Waals surface area contributed by atoms with Gasteiger partial charge in [-0.05, 0) is 57.8 Å². The summed E-state index contributed by atoms with van der Waals surface area (Å²) in [6.45, 7) is 3.83. The molecule has 59 heavy (non-hydrogen) atoms. The molecule has 12 nitrogen and oxygen atoms in total. The Morgan fingerprint density at radius 1 is 0.661 bits per heavy atom. The Morgan fingerprint density at radius 2 is 1.17 bits per heavy atom. The summed E-state index contributed by atoms with van der Waals surface area (Å²) >= 11 is 0. The summed E-state index contributed by atoms with van der Waals surface area (Å²) in [5, 5.41) is 30.6. The van der Waals surface area contributed by atoms with Crippen molar-refractivity contribution in [3.8, 4) is 0 Å². The highest BCUT2D eigenvalue weighted by Crippen LogP contribution is 2.26. The van der Waals surface area contributed by atoms with Crippen molar-refractivity contribution in [2.75, 3.05) is 26.4 Å². The molecule has 0 radical (unpaired) electrons. The molecule has 1 fully saturated rings. The van der Waals surface area contributed by atoms with Gasteiger partial charge in [0.2, 0.25) is 0 Å². The zero-order chi connectivity index (χ0) is 43.2. The molecule has 6 atom stereocenters. The number of unbranched alkanes of at least 4 members (excludes halogenated alkanes) is 15. The van der Waals surface area contributed by atoms with Crippen LogP contribution in [0.15, 0.2) is 60.8 Å². The topological polar surface area (TPSA) is 178 Å². The molecule has 6 unspecified atom stereocenters. The van der Waals surface area contributed by atoms with Gasteiger partial charge in [0.15, 0.2) is 6.29 Å². The Labute approximate surface area is 357 Å². The number of aliphatic hydroxyl groups is 3. The summed E-state index contributed by atoms with van der Waals surface area (Å²) in [4.78, 5) is 12.8. The highest BCUT2D eigenvalue weighted by molar-refractivity contribution is 7.80. The number of esters is 1. The minimum absolute atomic E-state index is 0.0300. The molecule has 0 aromatic rings. The predicted molar refractivity (Wildman–Crippen MR) is 234 cm³/mol. The standard InChI is InChI=1S/C46H80O12S/c1-3-5-7-9-11-13-14-15-16-17-18-19-20-21-22-23-24-25-26-27-29-31-33-35-42(48)56-40(38-54-36-34-32-30-28-12-10-8-6-4-2)39-55-46-44(50)45(58-59(51,52)53)43(49)41(37-47)57-46/h5,7,11,13,15-16,18-19,21-22,40-41,43-47,49-50H,3-4,6,8-10,12,14,17,20,23-39H2,1-2H3,(H,51,52,53)/b7-5-,13-11-,16-15-,19-18-,22-21-. The van der Waals surface area contributed by atoms with Gasteiger partial charge in [-0.25, -0.2) is 4.18 Å². The van der Waals surface area contributed by atoms with Crippen LogP contribution >= 0.6 is 0 Å². The van der Waals surface area contributed by atoms with Crippen molar-refractivity contribution in [1.29, 1.82) is 0 Å². The fraction of sp³-hybridized carbons (Fsp3) is 0.761. The average Bonchev–Trinajstić information content (AvgIpc) is 3.20. The Morgan fingerprint density at radius 3 is 1.71 bits per heavy atom. The zero-order valence-corrected chi connectivity index (χ0v) is 37.1. The van der Waals surface area contributed by atoms with Gasteiger partial charge in [0.1, 0.15) is 30.5 Å². The van der Waals surface area contributed by atoms with E-state index in [9.17, 15) is 28.5 Å². The Hall–Kier alpha value is -2.20. The summed E-state index contributed by atoms with van der Waals surface area (Å²) in [7, 11) is -5.06. The molecule has 0 aromatic heterocycles. The lowest BCUT2D eigenvalue weighted by Gasteiger charge is -2.41. The molecule has 1 aliphatic rings. The molecule has 1 rings (SSSR count). The molecular weight excluding hydrogens is 777 g/mol. The van der Waals surface area contributed by atoms with E-state index >= 15 is 0 Å². The minimum atomic E-state index is -5.06. The molecule has 1 heterocycles. The van der Waals surface area contributed by atoms with Gasteiger partial charge < -0.3 is 34.3 Å². The third-order valence-corrected chi connectivity index (χ3v) is 10.4. The first-order valence-corrected chi connectivity index (χ1v) is 23.9. The first-order chi connectivity index (χ1) is 28.6. The van der Waals surface area contributed by atoms with E-state index in [0.29, 0.717) is 13.0 Å². The van der Waals surface area contributed by atoms with E-state index in [1.807, 2.05) is 0 Å². The first-order valence-electron chi connectivity index (χ1n) is 22.5. The second kappa shape index (κ2) is 37.6. The Balaban J connectivity index is 2.37. The molecule has 0 aliphatic carbocycles. The maximum atomic E-state index is 12.8. The second-order valence-electron chi connectivity index (χ2n) is 15.3. The number of hydrogen-bond acceptors (Lipinski definition) is 11. The molecule has 0 bridgehead atoms. The van der Waals surface area contributed by atoms with Gasteiger partial charge in [0.25, 0.3) is 0 Å². The second-order valence-corrected chi connectivity index (χ2v) is 16.3. The molecule has 0 amide bonds. The van der Waals surface area contributed by atoms with Crippen LogP contribution in [0.25, 0.3) is 0 Å². The summed E-state index contributed by atoms with van der Waals surface area (Å²) < 4.78 is 58.9. The van der Waals surface area contributed by atoms with Crippen molar-refractivity contribution in [2.24, 2.45) is 0 Å².